The lowest BCUT2D eigenvalue weighted by Gasteiger charge is -2.12. The second-order valence-corrected chi connectivity index (χ2v) is 3.56. The molecule has 2 heteroatoms. The van der Waals surface area contributed by atoms with Crippen LogP contribution >= 0.6 is 0 Å². The van der Waals surface area contributed by atoms with E-state index in [1.165, 1.54) is 12.3 Å². The monoisotopic (exact) mass is 213 g/mol. The summed E-state index contributed by atoms with van der Waals surface area (Å²) in [6, 6.07) is 11.4. The molecule has 1 atom stereocenters. The lowest BCUT2D eigenvalue weighted by atomic mass is 9.93. The number of aromatic nitrogens is 1. The molecule has 1 heterocycles. The molecule has 2 rings (SSSR count). The van der Waals surface area contributed by atoms with Crippen LogP contribution in [-0.4, -0.2) is 4.98 Å². The Labute approximate surface area is 94.3 Å². The number of pyridine rings is 1. The lowest BCUT2D eigenvalue weighted by Crippen LogP contribution is -1.98. The van der Waals surface area contributed by atoms with Gasteiger partial charge in [0.05, 0.1) is 6.20 Å². The van der Waals surface area contributed by atoms with Crippen LogP contribution in [0, 0.1) is 5.82 Å². The van der Waals surface area contributed by atoms with Gasteiger partial charge in [-0.2, -0.15) is 0 Å². The van der Waals surface area contributed by atoms with Gasteiger partial charge >= 0.3 is 0 Å². The van der Waals surface area contributed by atoms with Gasteiger partial charge in [-0.15, -0.1) is 6.58 Å². The quantitative estimate of drug-likeness (QED) is 0.711. The first-order chi connectivity index (χ1) is 7.81. The zero-order valence-corrected chi connectivity index (χ0v) is 8.81. The third-order valence-corrected chi connectivity index (χ3v) is 2.48. The van der Waals surface area contributed by atoms with Crippen LogP contribution in [0.15, 0.2) is 61.4 Å². The van der Waals surface area contributed by atoms with Gasteiger partial charge in [-0.05, 0) is 17.2 Å². The van der Waals surface area contributed by atoms with Crippen molar-refractivity contribution in [1.29, 1.82) is 0 Å². The Kier molecular flexibility index (Phi) is 3.10. The standard InChI is InChI=1S/C14H12FN/c1-2-14(11-6-4-3-5-7-11)12-8-13(15)10-16-9-12/h2-10,14H,1H2/t14-/m1/s1. The van der Waals surface area contributed by atoms with Crippen LogP contribution in [0.4, 0.5) is 4.39 Å². The Hall–Kier alpha value is -1.96. The zero-order valence-electron chi connectivity index (χ0n) is 8.81. The SMILES string of the molecule is C=C[C@H](c1ccccc1)c1cncc(F)c1. The third kappa shape index (κ3) is 2.16. The zero-order chi connectivity index (χ0) is 11.4. The predicted molar refractivity (Wildman–Crippen MR) is 62.7 cm³/mol. The molecule has 0 spiro atoms. The summed E-state index contributed by atoms with van der Waals surface area (Å²) in [4.78, 5) is 3.86. The van der Waals surface area contributed by atoms with Crippen LogP contribution < -0.4 is 0 Å². The summed E-state index contributed by atoms with van der Waals surface area (Å²) in [5.41, 5.74) is 1.91. The molecule has 0 aliphatic heterocycles. The second-order valence-electron chi connectivity index (χ2n) is 3.56. The molecule has 0 bridgehead atoms. The number of hydrogen-bond donors (Lipinski definition) is 0. The fourth-order valence-electron chi connectivity index (χ4n) is 1.72. The van der Waals surface area contributed by atoms with Gasteiger partial charge in [0.1, 0.15) is 5.82 Å². The second kappa shape index (κ2) is 4.71. The van der Waals surface area contributed by atoms with Gasteiger partial charge in [-0.3, -0.25) is 4.98 Å². The Morgan fingerprint density at radius 2 is 1.88 bits per heavy atom. The van der Waals surface area contributed by atoms with E-state index in [2.05, 4.69) is 11.6 Å². The van der Waals surface area contributed by atoms with Crippen molar-refractivity contribution in [2.24, 2.45) is 0 Å². The van der Waals surface area contributed by atoms with Crippen molar-refractivity contribution >= 4 is 0 Å². The molecule has 0 saturated heterocycles. The summed E-state index contributed by atoms with van der Waals surface area (Å²) in [6.45, 7) is 3.79. The molecule has 0 fully saturated rings. The fraction of sp³-hybridized carbons (Fsp3) is 0.0714. The molecule has 80 valence electrons. The number of benzene rings is 1. The van der Waals surface area contributed by atoms with E-state index < -0.39 is 0 Å². The fourth-order valence-corrected chi connectivity index (χ4v) is 1.72. The molecular weight excluding hydrogens is 201 g/mol. The summed E-state index contributed by atoms with van der Waals surface area (Å²) < 4.78 is 13.1. The molecule has 0 amide bonds. The number of allylic oxidation sites excluding steroid dienone is 1. The average molecular weight is 213 g/mol. The molecule has 0 aliphatic rings. The van der Waals surface area contributed by atoms with Crippen LogP contribution in [0.5, 0.6) is 0 Å². The van der Waals surface area contributed by atoms with Crippen molar-refractivity contribution in [1.82, 2.24) is 4.98 Å². The van der Waals surface area contributed by atoms with Gasteiger partial charge in [-0.1, -0.05) is 36.4 Å². The van der Waals surface area contributed by atoms with Gasteiger partial charge in [0, 0.05) is 12.1 Å². The van der Waals surface area contributed by atoms with E-state index in [9.17, 15) is 4.39 Å². The molecule has 2 aromatic rings. The van der Waals surface area contributed by atoms with Gasteiger partial charge in [0.15, 0.2) is 0 Å². The van der Waals surface area contributed by atoms with E-state index in [4.69, 9.17) is 0 Å². The summed E-state index contributed by atoms with van der Waals surface area (Å²) >= 11 is 0. The molecule has 0 radical (unpaired) electrons. The molecule has 0 aliphatic carbocycles. The summed E-state index contributed by atoms with van der Waals surface area (Å²) in [5, 5.41) is 0. The van der Waals surface area contributed by atoms with Crippen molar-refractivity contribution < 1.29 is 4.39 Å². The van der Waals surface area contributed by atoms with Crippen LogP contribution in [0.2, 0.25) is 0 Å². The van der Waals surface area contributed by atoms with Crippen molar-refractivity contribution in [2.75, 3.05) is 0 Å². The smallest absolute Gasteiger partial charge is 0.141 e. The Morgan fingerprint density at radius 1 is 1.12 bits per heavy atom. The topological polar surface area (TPSA) is 12.9 Å². The van der Waals surface area contributed by atoms with Crippen LogP contribution in [0.25, 0.3) is 0 Å². The van der Waals surface area contributed by atoms with Crippen LogP contribution in [0.3, 0.4) is 0 Å². The summed E-state index contributed by atoms with van der Waals surface area (Å²) in [5.74, 6) is -0.329. The van der Waals surface area contributed by atoms with Gasteiger partial charge in [-0.25, -0.2) is 4.39 Å². The van der Waals surface area contributed by atoms with E-state index in [-0.39, 0.29) is 11.7 Å². The highest BCUT2D eigenvalue weighted by molar-refractivity contribution is 5.34. The Balaban J connectivity index is 2.41. The maximum atomic E-state index is 13.1. The van der Waals surface area contributed by atoms with E-state index in [0.717, 1.165) is 11.1 Å². The van der Waals surface area contributed by atoms with E-state index >= 15 is 0 Å². The van der Waals surface area contributed by atoms with E-state index in [1.807, 2.05) is 30.3 Å². The van der Waals surface area contributed by atoms with Gasteiger partial charge in [0.2, 0.25) is 0 Å². The first-order valence-corrected chi connectivity index (χ1v) is 5.09. The molecule has 1 aromatic heterocycles. The largest absolute Gasteiger partial charge is 0.261 e. The minimum absolute atomic E-state index is 0.00981. The Bertz CT molecular complexity index is 479. The number of halogens is 1. The molecule has 1 nitrogen and oxygen atoms in total. The van der Waals surface area contributed by atoms with E-state index in [0.29, 0.717) is 0 Å². The third-order valence-electron chi connectivity index (χ3n) is 2.48. The number of hydrogen-bond acceptors (Lipinski definition) is 1. The van der Waals surface area contributed by atoms with Gasteiger partial charge < -0.3 is 0 Å². The molecule has 0 unspecified atom stereocenters. The first-order valence-electron chi connectivity index (χ1n) is 5.09. The van der Waals surface area contributed by atoms with Gasteiger partial charge in [0.25, 0.3) is 0 Å². The average Bonchev–Trinajstić information content (AvgIpc) is 2.31. The van der Waals surface area contributed by atoms with Crippen LogP contribution in [-0.2, 0) is 0 Å². The van der Waals surface area contributed by atoms with Crippen molar-refractivity contribution in [2.45, 2.75) is 5.92 Å². The normalized spacial score (nSPS) is 12.1. The minimum atomic E-state index is -0.319. The number of nitrogens with zero attached hydrogens (tertiary/aromatic N) is 1. The minimum Gasteiger partial charge on any atom is -0.261 e. The molecule has 0 saturated carbocycles. The Morgan fingerprint density at radius 3 is 2.50 bits per heavy atom. The maximum absolute atomic E-state index is 13.1. The lowest BCUT2D eigenvalue weighted by molar-refractivity contribution is 0.618. The maximum Gasteiger partial charge on any atom is 0.141 e. The van der Waals surface area contributed by atoms with Crippen molar-refractivity contribution in [3.05, 3.63) is 78.4 Å². The number of rotatable bonds is 3. The van der Waals surface area contributed by atoms with Crippen molar-refractivity contribution in [3.8, 4) is 0 Å². The molecule has 16 heavy (non-hydrogen) atoms. The molecule has 0 N–H and O–H groups in total. The summed E-state index contributed by atoms with van der Waals surface area (Å²) in [7, 11) is 0. The first kappa shape index (κ1) is 10.6. The highest BCUT2D eigenvalue weighted by atomic mass is 19.1. The predicted octanol–water partition coefficient (Wildman–Crippen LogP) is 3.54. The van der Waals surface area contributed by atoms with Crippen molar-refractivity contribution in [3.63, 3.8) is 0 Å². The van der Waals surface area contributed by atoms with Crippen LogP contribution in [0.1, 0.15) is 17.0 Å². The molecular formula is C14H12FN. The summed E-state index contributed by atoms with van der Waals surface area (Å²) in [6.07, 6.45) is 4.67. The molecule has 1 aromatic carbocycles. The highest BCUT2D eigenvalue weighted by Gasteiger charge is 2.10. The van der Waals surface area contributed by atoms with E-state index in [1.54, 1.807) is 12.3 Å². The highest BCUT2D eigenvalue weighted by Crippen LogP contribution is 2.25.